The smallest absolute Gasteiger partial charge is 0.258 e. The topological polar surface area (TPSA) is 65.4 Å². The lowest BCUT2D eigenvalue weighted by atomic mass is 10.1. The van der Waals surface area contributed by atoms with Crippen molar-refractivity contribution in [3.8, 4) is 5.75 Å². The molecule has 1 N–H and O–H groups in total. The van der Waals surface area contributed by atoms with Crippen LogP contribution in [0.4, 0.5) is 5.95 Å². The van der Waals surface area contributed by atoms with Crippen LogP contribution in [0.5, 0.6) is 5.75 Å². The highest BCUT2D eigenvalue weighted by Crippen LogP contribution is 2.12. The number of hydrogen-bond acceptors (Lipinski definition) is 5. The number of ether oxygens (including phenoxy) is 1. The zero-order chi connectivity index (χ0) is 17.5. The average molecular weight is 388 g/mol. The van der Waals surface area contributed by atoms with E-state index in [-0.39, 0.29) is 24.6 Å². The fourth-order valence-corrected chi connectivity index (χ4v) is 2.53. The molecule has 0 fully saturated rings. The Labute approximate surface area is 158 Å². The first-order valence-corrected chi connectivity index (χ1v) is 8.04. The molecule has 1 aromatic carbocycles. The summed E-state index contributed by atoms with van der Waals surface area (Å²) < 4.78 is 11.2. The normalized spacial score (nSPS) is 10.2. The number of methoxy groups -OCH3 is 1. The van der Waals surface area contributed by atoms with Gasteiger partial charge >= 0.3 is 0 Å². The van der Waals surface area contributed by atoms with Crippen LogP contribution >= 0.6 is 24.3 Å². The first-order valence-electron chi connectivity index (χ1n) is 7.73. The molecule has 138 valence electrons. The molecule has 0 aliphatic rings. The van der Waals surface area contributed by atoms with Crippen molar-refractivity contribution in [1.82, 2.24) is 9.55 Å². The van der Waals surface area contributed by atoms with Crippen LogP contribution in [-0.2, 0) is 24.2 Å². The summed E-state index contributed by atoms with van der Waals surface area (Å²) in [5.41, 5.74) is 2.42. The Hall–Kier alpha value is -1.76. The molecule has 0 unspecified atom stereocenters. The summed E-state index contributed by atoms with van der Waals surface area (Å²) in [6, 6.07) is 7.91. The van der Waals surface area contributed by atoms with Gasteiger partial charge in [0.25, 0.3) is 5.56 Å². The maximum atomic E-state index is 12.4. The molecule has 0 aliphatic carbocycles. The van der Waals surface area contributed by atoms with Gasteiger partial charge in [0.2, 0.25) is 5.95 Å². The number of rotatable bonds is 8. The molecule has 1 aromatic heterocycles. The Morgan fingerprint density at radius 2 is 1.92 bits per heavy atom. The van der Waals surface area contributed by atoms with Gasteiger partial charge in [-0.1, -0.05) is 12.1 Å². The summed E-state index contributed by atoms with van der Waals surface area (Å²) in [5.74, 6) is 1.39. The molecule has 0 atom stereocenters. The second kappa shape index (κ2) is 10.3. The van der Waals surface area contributed by atoms with Crippen molar-refractivity contribution >= 4 is 30.2 Å². The Balaban J connectivity index is 0.00000312. The van der Waals surface area contributed by atoms with E-state index >= 15 is 0 Å². The van der Waals surface area contributed by atoms with Crippen molar-refractivity contribution < 1.29 is 9.03 Å². The molecular formula is C17H23Cl2N3O3. The summed E-state index contributed by atoms with van der Waals surface area (Å²) in [6.45, 7) is 2.78. The third-order valence-electron chi connectivity index (χ3n) is 3.88. The SMILES string of the molecule is COc1ccc(CCNc2nc(C)c(CCOCl)c(=O)n2C)cc1.Cl. The van der Waals surface area contributed by atoms with Gasteiger partial charge in [-0.2, -0.15) is 0 Å². The Morgan fingerprint density at radius 1 is 1.24 bits per heavy atom. The minimum absolute atomic E-state index is 0. The van der Waals surface area contributed by atoms with Crippen LogP contribution in [0.15, 0.2) is 29.1 Å². The average Bonchev–Trinajstić information content (AvgIpc) is 2.60. The van der Waals surface area contributed by atoms with E-state index in [9.17, 15) is 4.79 Å². The van der Waals surface area contributed by atoms with Crippen LogP contribution in [0, 0.1) is 6.92 Å². The molecular weight excluding hydrogens is 365 g/mol. The molecule has 0 radical (unpaired) electrons. The minimum atomic E-state index is -0.0804. The van der Waals surface area contributed by atoms with Gasteiger partial charge in [0.1, 0.15) is 5.75 Å². The fraction of sp³-hybridized carbons (Fsp3) is 0.412. The van der Waals surface area contributed by atoms with Crippen LogP contribution in [0.1, 0.15) is 16.8 Å². The van der Waals surface area contributed by atoms with E-state index < -0.39 is 0 Å². The molecule has 0 saturated heterocycles. The van der Waals surface area contributed by atoms with E-state index in [1.165, 1.54) is 10.1 Å². The summed E-state index contributed by atoms with van der Waals surface area (Å²) in [6.07, 6.45) is 1.27. The summed E-state index contributed by atoms with van der Waals surface area (Å²) in [5, 5.41) is 3.22. The van der Waals surface area contributed by atoms with Gasteiger partial charge in [0.15, 0.2) is 0 Å². The highest BCUT2D eigenvalue weighted by molar-refractivity contribution is 6.07. The van der Waals surface area contributed by atoms with Gasteiger partial charge in [-0.15, -0.1) is 12.4 Å². The van der Waals surface area contributed by atoms with Gasteiger partial charge in [-0.05, 0) is 31.0 Å². The number of nitrogens with zero attached hydrogens (tertiary/aromatic N) is 2. The molecule has 0 aliphatic heterocycles. The van der Waals surface area contributed by atoms with E-state index in [0.717, 1.165) is 12.2 Å². The van der Waals surface area contributed by atoms with Gasteiger partial charge < -0.3 is 10.1 Å². The number of nitrogens with one attached hydrogen (secondary N) is 1. The number of aryl methyl sites for hydroxylation is 1. The number of aromatic nitrogens is 2. The maximum absolute atomic E-state index is 12.4. The molecule has 0 bridgehead atoms. The van der Waals surface area contributed by atoms with E-state index in [1.54, 1.807) is 14.2 Å². The van der Waals surface area contributed by atoms with E-state index in [2.05, 4.69) is 14.6 Å². The Morgan fingerprint density at radius 3 is 2.52 bits per heavy atom. The van der Waals surface area contributed by atoms with Crippen molar-refractivity contribution in [2.45, 2.75) is 19.8 Å². The molecule has 25 heavy (non-hydrogen) atoms. The molecule has 2 aromatic rings. The molecule has 0 spiro atoms. The van der Waals surface area contributed by atoms with Crippen molar-refractivity contribution in [2.24, 2.45) is 7.05 Å². The van der Waals surface area contributed by atoms with E-state index in [0.29, 0.717) is 30.2 Å². The zero-order valence-corrected chi connectivity index (χ0v) is 16.1. The van der Waals surface area contributed by atoms with Crippen LogP contribution in [0.25, 0.3) is 0 Å². The van der Waals surface area contributed by atoms with Crippen LogP contribution in [-0.4, -0.2) is 29.8 Å². The molecule has 2 rings (SSSR count). The highest BCUT2D eigenvalue weighted by Gasteiger charge is 2.11. The quantitative estimate of drug-likeness (QED) is 0.754. The van der Waals surface area contributed by atoms with Gasteiger partial charge in [0, 0.05) is 25.6 Å². The van der Waals surface area contributed by atoms with E-state index in [1.807, 2.05) is 31.2 Å². The van der Waals surface area contributed by atoms with Crippen molar-refractivity contribution in [3.63, 3.8) is 0 Å². The Bertz CT molecular complexity index is 733. The third kappa shape index (κ3) is 5.63. The molecule has 0 amide bonds. The minimum Gasteiger partial charge on any atom is -0.497 e. The molecule has 8 heteroatoms. The summed E-state index contributed by atoms with van der Waals surface area (Å²) >= 11 is 5.22. The van der Waals surface area contributed by atoms with Gasteiger partial charge in [-0.25, -0.2) is 4.98 Å². The molecule has 6 nitrogen and oxygen atoms in total. The van der Waals surface area contributed by atoms with Gasteiger partial charge in [0.05, 0.1) is 31.3 Å². The van der Waals surface area contributed by atoms with Crippen LogP contribution in [0.2, 0.25) is 0 Å². The fourth-order valence-electron chi connectivity index (χ4n) is 2.45. The second-order valence-corrected chi connectivity index (χ2v) is 5.67. The number of hydrogen-bond donors (Lipinski definition) is 1. The number of anilines is 1. The second-order valence-electron chi connectivity index (χ2n) is 5.45. The standard InChI is InChI=1S/C17H22ClN3O3.ClH/c1-12-15(9-11-24-18)16(22)21(2)17(20-12)19-10-8-13-4-6-14(23-3)7-5-13;/h4-7H,8-11H2,1-3H3,(H,19,20);1H. The number of halogens is 2. The highest BCUT2D eigenvalue weighted by atomic mass is 35.5. The van der Waals surface area contributed by atoms with Gasteiger partial charge in [-0.3, -0.25) is 13.7 Å². The predicted molar refractivity (Wildman–Crippen MR) is 102 cm³/mol. The zero-order valence-electron chi connectivity index (χ0n) is 14.5. The third-order valence-corrected chi connectivity index (χ3v) is 4.03. The summed E-state index contributed by atoms with van der Waals surface area (Å²) in [7, 11) is 3.35. The Kier molecular flexibility index (Phi) is 8.75. The predicted octanol–water partition coefficient (Wildman–Crippen LogP) is 2.89. The first-order chi connectivity index (χ1) is 11.6. The van der Waals surface area contributed by atoms with E-state index in [4.69, 9.17) is 16.6 Å². The lowest BCUT2D eigenvalue weighted by Gasteiger charge is -2.13. The van der Waals surface area contributed by atoms with Crippen LogP contribution in [0.3, 0.4) is 0 Å². The monoisotopic (exact) mass is 387 g/mol. The lowest BCUT2D eigenvalue weighted by Crippen LogP contribution is -2.28. The lowest BCUT2D eigenvalue weighted by molar-refractivity contribution is 0.355. The van der Waals surface area contributed by atoms with Crippen molar-refractivity contribution in [3.05, 3.63) is 51.4 Å². The molecule has 0 saturated carbocycles. The summed E-state index contributed by atoms with van der Waals surface area (Å²) in [4.78, 5) is 16.9. The van der Waals surface area contributed by atoms with Crippen molar-refractivity contribution in [1.29, 1.82) is 0 Å². The van der Waals surface area contributed by atoms with Crippen LogP contribution < -0.4 is 15.6 Å². The molecule has 1 heterocycles. The number of benzene rings is 1. The maximum Gasteiger partial charge on any atom is 0.258 e. The van der Waals surface area contributed by atoms with Crippen molar-refractivity contribution in [2.75, 3.05) is 25.6 Å². The first kappa shape index (κ1) is 21.3. The largest absolute Gasteiger partial charge is 0.497 e.